The maximum atomic E-state index is 13.0. The summed E-state index contributed by atoms with van der Waals surface area (Å²) in [6, 6.07) is 0.278. The van der Waals surface area contributed by atoms with Gasteiger partial charge in [-0.15, -0.1) is 0 Å². The number of rotatable bonds is 11. The Labute approximate surface area is 210 Å². The number of nitrogens with one attached hydrogen (secondary N) is 1. The highest BCUT2D eigenvalue weighted by molar-refractivity contribution is 6.74. The lowest BCUT2D eigenvalue weighted by Crippen LogP contribution is -2.48. The molecule has 1 aromatic heterocycles. The molecule has 0 radical (unpaired) electrons. The molecule has 2 N–H and O–H groups in total. The van der Waals surface area contributed by atoms with Gasteiger partial charge in [0.2, 0.25) is 0 Å². The second-order valence-electron chi connectivity index (χ2n) is 10.6. The summed E-state index contributed by atoms with van der Waals surface area (Å²) in [5.74, 6) is -2.89. The summed E-state index contributed by atoms with van der Waals surface area (Å²) < 4.78 is 17.1. The lowest BCUT2D eigenvalue weighted by Gasteiger charge is -2.39. The maximum Gasteiger partial charge on any atom is 0.332 e. The van der Waals surface area contributed by atoms with E-state index in [2.05, 4.69) is 44.2 Å². The van der Waals surface area contributed by atoms with Gasteiger partial charge < -0.3 is 24.3 Å². The number of esters is 2. The molecule has 0 aromatic carbocycles. The van der Waals surface area contributed by atoms with E-state index in [0.29, 0.717) is 12.0 Å². The molecule has 0 saturated heterocycles. The van der Waals surface area contributed by atoms with Gasteiger partial charge in [-0.05, 0) is 63.9 Å². The summed E-state index contributed by atoms with van der Waals surface area (Å²) >= 11 is 0. The first-order valence-corrected chi connectivity index (χ1v) is 14.9. The second kappa shape index (κ2) is 12.5. The average molecular weight is 511 g/mol. The Morgan fingerprint density at radius 2 is 1.74 bits per heavy atom. The second-order valence-corrected chi connectivity index (χ2v) is 15.3. The molecule has 1 amide bonds. The van der Waals surface area contributed by atoms with Crippen LogP contribution >= 0.6 is 0 Å². The number of aryl methyl sites for hydroxylation is 1. The topological polar surface area (TPSA) is 124 Å². The van der Waals surface area contributed by atoms with Crippen LogP contribution in [0.25, 0.3) is 0 Å². The molecule has 1 rings (SSSR count). The first-order valence-electron chi connectivity index (χ1n) is 12.0. The van der Waals surface area contributed by atoms with Gasteiger partial charge in [-0.1, -0.05) is 27.7 Å². The molecule has 9 nitrogen and oxygen atoms in total. The fourth-order valence-electron chi connectivity index (χ4n) is 3.11. The quantitative estimate of drug-likeness (QED) is 0.336. The van der Waals surface area contributed by atoms with E-state index in [-0.39, 0.29) is 22.6 Å². The van der Waals surface area contributed by atoms with E-state index in [4.69, 9.17) is 13.9 Å². The molecule has 198 valence electrons. The molecule has 0 aliphatic rings. The number of aromatic nitrogens is 1. The first kappa shape index (κ1) is 30.6. The van der Waals surface area contributed by atoms with Crippen molar-refractivity contribution >= 4 is 26.2 Å². The lowest BCUT2D eigenvalue weighted by atomic mass is 10.0. The Kier molecular flexibility index (Phi) is 10.9. The molecule has 0 bridgehead atoms. The van der Waals surface area contributed by atoms with Crippen molar-refractivity contribution in [2.75, 3.05) is 6.61 Å². The van der Waals surface area contributed by atoms with Crippen LogP contribution in [0.1, 0.15) is 70.9 Å². The number of pyridine rings is 1. The molecular weight excluding hydrogens is 468 g/mol. The standard InChI is InChI=1S/C25H42N2O7Si/c1-11-18(17(5)34-35(9,10)25(6,7)8)23(30)32-14-19(24(31)33-15(2)3)27-22(29)20-21(28)16(4)12-13-26-20/h12-13,15,17-19,28H,11,14H2,1-10H3,(H,27,29). The van der Waals surface area contributed by atoms with Gasteiger partial charge >= 0.3 is 11.9 Å². The van der Waals surface area contributed by atoms with Crippen LogP contribution in [0.15, 0.2) is 12.3 Å². The van der Waals surface area contributed by atoms with Crippen molar-refractivity contribution in [3.63, 3.8) is 0 Å². The van der Waals surface area contributed by atoms with Gasteiger partial charge in [0.1, 0.15) is 12.4 Å². The van der Waals surface area contributed by atoms with Crippen LogP contribution < -0.4 is 5.32 Å². The fourth-order valence-corrected chi connectivity index (χ4v) is 4.56. The third-order valence-corrected chi connectivity index (χ3v) is 10.8. The zero-order chi connectivity index (χ0) is 27.1. The Bertz CT molecular complexity index is 896. The molecule has 10 heteroatoms. The van der Waals surface area contributed by atoms with Crippen molar-refractivity contribution in [1.29, 1.82) is 0 Å². The van der Waals surface area contributed by atoms with Gasteiger partial charge in [0.25, 0.3) is 5.91 Å². The summed E-state index contributed by atoms with van der Waals surface area (Å²) in [6.07, 6.45) is 1.05. The zero-order valence-corrected chi connectivity index (χ0v) is 23.7. The van der Waals surface area contributed by atoms with Crippen molar-refractivity contribution in [2.45, 2.75) is 98.2 Å². The molecule has 3 atom stereocenters. The van der Waals surface area contributed by atoms with Crippen molar-refractivity contribution in [2.24, 2.45) is 5.92 Å². The van der Waals surface area contributed by atoms with Crippen molar-refractivity contribution in [1.82, 2.24) is 10.3 Å². The fraction of sp³-hybridized carbons (Fsp3) is 0.680. The van der Waals surface area contributed by atoms with Gasteiger partial charge in [0, 0.05) is 6.20 Å². The summed E-state index contributed by atoms with van der Waals surface area (Å²) in [5, 5.41) is 12.6. The number of aromatic hydroxyl groups is 1. The Morgan fingerprint density at radius 1 is 1.14 bits per heavy atom. The summed E-state index contributed by atoms with van der Waals surface area (Å²) in [5.41, 5.74) is 0.223. The van der Waals surface area contributed by atoms with Gasteiger partial charge in [-0.25, -0.2) is 9.78 Å². The molecule has 1 aromatic rings. The third-order valence-electron chi connectivity index (χ3n) is 6.27. The minimum atomic E-state index is -2.11. The predicted molar refractivity (Wildman–Crippen MR) is 136 cm³/mol. The van der Waals surface area contributed by atoms with Crippen LogP contribution in [-0.2, 0) is 23.5 Å². The summed E-state index contributed by atoms with van der Waals surface area (Å²) in [4.78, 5) is 42.2. The van der Waals surface area contributed by atoms with Crippen molar-refractivity contribution in [3.8, 4) is 5.75 Å². The van der Waals surface area contributed by atoms with E-state index in [1.165, 1.54) is 6.20 Å². The molecule has 0 fully saturated rings. The molecule has 3 unspecified atom stereocenters. The highest BCUT2D eigenvalue weighted by Gasteiger charge is 2.41. The SMILES string of the molecule is CCC(C(=O)OCC(NC(=O)c1nccc(C)c1O)C(=O)OC(C)C)C(C)O[Si](C)(C)C(C)(C)C. The van der Waals surface area contributed by atoms with Gasteiger partial charge in [0.15, 0.2) is 20.1 Å². The smallest absolute Gasteiger partial charge is 0.332 e. The zero-order valence-electron chi connectivity index (χ0n) is 22.7. The molecule has 35 heavy (non-hydrogen) atoms. The van der Waals surface area contributed by atoms with Crippen molar-refractivity contribution in [3.05, 3.63) is 23.5 Å². The normalized spacial score (nSPS) is 14.7. The Morgan fingerprint density at radius 3 is 2.26 bits per heavy atom. The number of carbonyl (C=O) groups is 3. The van der Waals surface area contributed by atoms with E-state index in [0.717, 1.165) is 0 Å². The minimum Gasteiger partial charge on any atom is -0.505 e. The van der Waals surface area contributed by atoms with E-state index in [9.17, 15) is 19.5 Å². The molecular formula is C25H42N2O7Si. The highest BCUT2D eigenvalue weighted by Crippen LogP contribution is 2.38. The van der Waals surface area contributed by atoms with Gasteiger partial charge in [-0.3, -0.25) is 9.59 Å². The minimum absolute atomic E-state index is 0.0190. The molecule has 0 spiro atoms. The molecule has 0 aliphatic heterocycles. The third kappa shape index (κ3) is 8.61. The number of carbonyl (C=O) groups excluding carboxylic acids is 3. The predicted octanol–water partition coefficient (Wildman–Crippen LogP) is 4.13. The monoisotopic (exact) mass is 510 g/mol. The average Bonchev–Trinajstić information content (AvgIpc) is 2.71. The van der Waals surface area contributed by atoms with Crippen LogP contribution in [0.4, 0.5) is 0 Å². The molecule has 0 saturated carbocycles. The van der Waals surface area contributed by atoms with Crippen LogP contribution in [-0.4, -0.2) is 61.1 Å². The summed E-state index contributed by atoms with van der Waals surface area (Å²) in [6.45, 7) is 18.9. The van der Waals surface area contributed by atoms with Crippen LogP contribution in [0, 0.1) is 12.8 Å². The van der Waals surface area contributed by atoms with Crippen LogP contribution in [0.5, 0.6) is 5.75 Å². The number of hydrogen-bond acceptors (Lipinski definition) is 8. The lowest BCUT2D eigenvalue weighted by molar-refractivity contribution is -0.158. The summed E-state index contributed by atoms with van der Waals surface area (Å²) in [7, 11) is -2.11. The largest absolute Gasteiger partial charge is 0.505 e. The van der Waals surface area contributed by atoms with E-state index >= 15 is 0 Å². The van der Waals surface area contributed by atoms with Crippen molar-refractivity contribution < 1.29 is 33.4 Å². The number of ether oxygens (including phenoxy) is 2. The Balaban J connectivity index is 2.99. The van der Waals surface area contributed by atoms with E-state index in [1.54, 1.807) is 26.8 Å². The van der Waals surface area contributed by atoms with Gasteiger partial charge in [0.05, 0.1) is 18.1 Å². The van der Waals surface area contributed by atoms with E-state index in [1.807, 2.05) is 13.8 Å². The molecule has 0 aliphatic carbocycles. The highest BCUT2D eigenvalue weighted by atomic mass is 28.4. The van der Waals surface area contributed by atoms with Gasteiger partial charge in [-0.2, -0.15) is 0 Å². The number of nitrogens with zero attached hydrogens (tertiary/aromatic N) is 1. The number of amides is 1. The maximum absolute atomic E-state index is 13.0. The van der Waals surface area contributed by atoms with Crippen LogP contribution in [0.2, 0.25) is 18.1 Å². The van der Waals surface area contributed by atoms with Crippen LogP contribution in [0.3, 0.4) is 0 Å². The Hall–Kier alpha value is -2.46. The number of hydrogen-bond donors (Lipinski definition) is 2. The van der Waals surface area contributed by atoms with E-state index < -0.39 is 50.8 Å². The molecule has 1 heterocycles. The first-order chi connectivity index (χ1) is 16.0.